The molecule has 2 heterocycles. The van der Waals surface area contributed by atoms with Gasteiger partial charge in [0.1, 0.15) is 0 Å². The highest BCUT2D eigenvalue weighted by Crippen LogP contribution is 2.28. The second kappa shape index (κ2) is 5.12. The molecule has 2 rings (SSSR count). The third-order valence-electron chi connectivity index (χ3n) is 2.54. The minimum atomic E-state index is 0.301. The molecule has 0 spiro atoms. The van der Waals surface area contributed by atoms with Crippen molar-refractivity contribution in [1.29, 1.82) is 0 Å². The van der Waals surface area contributed by atoms with Crippen molar-refractivity contribution in [2.75, 3.05) is 0 Å². The zero-order chi connectivity index (χ0) is 11.5. The van der Waals surface area contributed by atoms with Gasteiger partial charge in [0.05, 0.1) is 9.98 Å². The van der Waals surface area contributed by atoms with E-state index in [1.807, 2.05) is 12.4 Å². The highest BCUT2D eigenvalue weighted by molar-refractivity contribution is 9.11. The molecule has 0 amide bonds. The van der Waals surface area contributed by atoms with Crippen molar-refractivity contribution >= 4 is 27.3 Å². The molecule has 3 nitrogen and oxygen atoms in total. The zero-order valence-corrected chi connectivity index (χ0v) is 11.6. The second-order valence-electron chi connectivity index (χ2n) is 3.78. The molecule has 0 fully saturated rings. The number of aromatic amines is 1. The van der Waals surface area contributed by atoms with Gasteiger partial charge in [-0.25, -0.2) is 0 Å². The van der Waals surface area contributed by atoms with Gasteiger partial charge in [-0.2, -0.15) is 5.10 Å². The lowest BCUT2D eigenvalue weighted by molar-refractivity contribution is 0.500. The van der Waals surface area contributed by atoms with Crippen LogP contribution in [0.4, 0.5) is 0 Å². The van der Waals surface area contributed by atoms with E-state index in [1.165, 1.54) is 14.2 Å². The van der Waals surface area contributed by atoms with Crippen molar-refractivity contribution in [2.45, 2.75) is 25.9 Å². The molecular weight excluding hydrogens is 286 g/mol. The number of hydrogen-bond donors (Lipinski definition) is 2. The van der Waals surface area contributed by atoms with Crippen LogP contribution in [0.5, 0.6) is 0 Å². The molecule has 0 aliphatic rings. The number of nitrogens with zero attached hydrogens (tertiary/aromatic N) is 1. The summed E-state index contributed by atoms with van der Waals surface area (Å²) in [6, 6.07) is 4.88. The number of rotatable bonds is 4. The molecule has 5 heteroatoms. The monoisotopic (exact) mass is 299 g/mol. The Balaban J connectivity index is 2.00. The lowest BCUT2D eigenvalue weighted by atomic mass is 10.1. The summed E-state index contributed by atoms with van der Waals surface area (Å²) in [6.07, 6.45) is 3.78. The van der Waals surface area contributed by atoms with Crippen molar-refractivity contribution in [2.24, 2.45) is 0 Å². The molecule has 2 aromatic rings. The van der Waals surface area contributed by atoms with E-state index in [0.717, 1.165) is 0 Å². The van der Waals surface area contributed by atoms with Crippen LogP contribution in [0.2, 0.25) is 0 Å². The third kappa shape index (κ3) is 2.72. The Morgan fingerprint density at radius 3 is 2.75 bits per heavy atom. The predicted molar refractivity (Wildman–Crippen MR) is 70.6 cm³/mol. The quantitative estimate of drug-likeness (QED) is 0.905. The van der Waals surface area contributed by atoms with Gasteiger partial charge >= 0.3 is 0 Å². The molecule has 2 unspecified atom stereocenters. The standard InChI is InChI=1S/C11H14BrN3S/c1-7(9-5-13-14-6-9)15-8(2)10-3-4-11(12)16-10/h3-8,15H,1-2H3,(H,13,14). The lowest BCUT2D eigenvalue weighted by Gasteiger charge is -2.17. The van der Waals surface area contributed by atoms with Gasteiger partial charge in [0.25, 0.3) is 0 Å². The normalized spacial score (nSPS) is 14.9. The minimum Gasteiger partial charge on any atom is -0.303 e. The third-order valence-corrected chi connectivity index (χ3v) is 4.35. The summed E-state index contributed by atoms with van der Waals surface area (Å²) >= 11 is 5.25. The Bertz CT molecular complexity index is 438. The molecule has 0 saturated heterocycles. The fourth-order valence-corrected chi connectivity index (χ4v) is 3.05. The van der Waals surface area contributed by atoms with E-state index in [1.54, 1.807) is 11.3 Å². The maximum atomic E-state index is 3.96. The number of hydrogen-bond acceptors (Lipinski definition) is 3. The van der Waals surface area contributed by atoms with Gasteiger partial charge < -0.3 is 5.32 Å². The fourth-order valence-electron chi connectivity index (χ4n) is 1.61. The predicted octanol–water partition coefficient (Wildman–Crippen LogP) is 3.65. The summed E-state index contributed by atoms with van der Waals surface area (Å²) in [6.45, 7) is 4.32. The van der Waals surface area contributed by atoms with E-state index >= 15 is 0 Å². The fraction of sp³-hybridized carbons (Fsp3) is 0.364. The van der Waals surface area contributed by atoms with Gasteiger partial charge in [0.15, 0.2) is 0 Å². The second-order valence-corrected chi connectivity index (χ2v) is 6.28. The molecule has 0 aliphatic carbocycles. The molecule has 2 atom stereocenters. The van der Waals surface area contributed by atoms with Crippen LogP contribution in [0.3, 0.4) is 0 Å². The van der Waals surface area contributed by atoms with Crippen molar-refractivity contribution in [3.8, 4) is 0 Å². The van der Waals surface area contributed by atoms with E-state index in [0.29, 0.717) is 12.1 Å². The van der Waals surface area contributed by atoms with Crippen molar-refractivity contribution in [3.05, 3.63) is 38.8 Å². The summed E-state index contributed by atoms with van der Waals surface area (Å²) in [4.78, 5) is 1.34. The molecule has 86 valence electrons. The SMILES string of the molecule is CC(NC(C)c1ccc(Br)s1)c1cn[nH]c1. The van der Waals surface area contributed by atoms with Crippen molar-refractivity contribution in [3.63, 3.8) is 0 Å². The van der Waals surface area contributed by atoms with Crippen molar-refractivity contribution in [1.82, 2.24) is 15.5 Å². The molecule has 2 aromatic heterocycles. The summed E-state index contributed by atoms with van der Waals surface area (Å²) < 4.78 is 1.17. The average Bonchev–Trinajstić information content (AvgIpc) is 2.87. The first kappa shape index (κ1) is 11.8. The van der Waals surface area contributed by atoms with Crippen LogP contribution in [-0.4, -0.2) is 10.2 Å². The molecule has 0 aliphatic heterocycles. The topological polar surface area (TPSA) is 40.7 Å². The molecule has 0 radical (unpaired) electrons. The van der Waals surface area contributed by atoms with Gasteiger partial charge in [-0.1, -0.05) is 0 Å². The summed E-state index contributed by atoms with van der Waals surface area (Å²) in [5, 5.41) is 10.3. The van der Waals surface area contributed by atoms with Crippen LogP contribution in [0, 0.1) is 0 Å². The van der Waals surface area contributed by atoms with Gasteiger partial charge in [0, 0.05) is 28.7 Å². The largest absolute Gasteiger partial charge is 0.303 e. The average molecular weight is 300 g/mol. The van der Waals surface area contributed by atoms with E-state index in [-0.39, 0.29) is 0 Å². The summed E-state index contributed by atoms with van der Waals surface area (Å²) in [5.41, 5.74) is 1.18. The molecule has 2 N–H and O–H groups in total. The molecule has 0 saturated carbocycles. The van der Waals surface area contributed by atoms with E-state index in [2.05, 4.69) is 57.4 Å². The first-order valence-electron chi connectivity index (χ1n) is 5.17. The first-order chi connectivity index (χ1) is 7.66. The first-order valence-corrected chi connectivity index (χ1v) is 6.77. The smallest absolute Gasteiger partial charge is 0.0701 e. The highest BCUT2D eigenvalue weighted by Gasteiger charge is 2.13. The van der Waals surface area contributed by atoms with Crippen LogP contribution >= 0.6 is 27.3 Å². The lowest BCUT2D eigenvalue weighted by Crippen LogP contribution is -2.21. The van der Waals surface area contributed by atoms with Crippen LogP contribution in [-0.2, 0) is 0 Å². The molecule has 0 bridgehead atoms. The summed E-state index contributed by atoms with van der Waals surface area (Å²) in [7, 11) is 0. The number of aromatic nitrogens is 2. The highest BCUT2D eigenvalue weighted by atomic mass is 79.9. The molecular formula is C11H14BrN3S. The maximum absolute atomic E-state index is 3.96. The van der Waals surface area contributed by atoms with E-state index in [9.17, 15) is 0 Å². The van der Waals surface area contributed by atoms with E-state index in [4.69, 9.17) is 0 Å². The van der Waals surface area contributed by atoms with E-state index < -0.39 is 0 Å². The maximum Gasteiger partial charge on any atom is 0.0701 e. The summed E-state index contributed by atoms with van der Waals surface area (Å²) in [5.74, 6) is 0. The Morgan fingerprint density at radius 2 is 2.19 bits per heavy atom. The van der Waals surface area contributed by atoms with Crippen LogP contribution in [0.25, 0.3) is 0 Å². The van der Waals surface area contributed by atoms with Gasteiger partial charge in [-0.15, -0.1) is 11.3 Å². The Kier molecular flexibility index (Phi) is 3.78. The molecule has 0 aromatic carbocycles. The number of halogens is 1. The Morgan fingerprint density at radius 1 is 1.38 bits per heavy atom. The van der Waals surface area contributed by atoms with Crippen LogP contribution in [0.1, 0.15) is 36.4 Å². The van der Waals surface area contributed by atoms with Gasteiger partial charge in [-0.3, -0.25) is 5.10 Å². The van der Waals surface area contributed by atoms with Crippen LogP contribution in [0.15, 0.2) is 28.3 Å². The van der Waals surface area contributed by atoms with Gasteiger partial charge in [-0.05, 0) is 41.9 Å². The molecule has 16 heavy (non-hydrogen) atoms. The van der Waals surface area contributed by atoms with Crippen LogP contribution < -0.4 is 5.32 Å². The number of nitrogens with one attached hydrogen (secondary N) is 2. The Labute approximate surface area is 107 Å². The minimum absolute atomic E-state index is 0.301. The Hall–Kier alpha value is -0.650. The number of H-pyrrole nitrogens is 1. The van der Waals surface area contributed by atoms with Crippen molar-refractivity contribution < 1.29 is 0 Å². The van der Waals surface area contributed by atoms with Gasteiger partial charge in [0.2, 0.25) is 0 Å². The number of thiophene rings is 1. The zero-order valence-electron chi connectivity index (χ0n) is 9.20.